The summed E-state index contributed by atoms with van der Waals surface area (Å²) in [6, 6.07) is 8.66. The van der Waals surface area contributed by atoms with E-state index in [1.165, 1.54) is 0 Å². The monoisotopic (exact) mass is 351 g/mol. The average molecular weight is 352 g/mol. The van der Waals surface area contributed by atoms with Crippen LogP contribution in [0.25, 0.3) is 0 Å². The molecule has 0 aliphatic heterocycles. The molecule has 6 heteroatoms. The zero-order chi connectivity index (χ0) is 16.8. The van der Waals surface area contributed by atoms with Crippen LogP contribution >= 0.6 is 23.2 Å². The zero-order valence-corrected chi connectivity index (χ0v) is 14.7. The van der Waals surface area contributed by atoms with E-state index in [-0.39, 0.29) is 5.91 Å². The molecule has 0 saturated heterocycles. The van der Waals surface area contributed by atoms with Crippen LogP contribution in [0.1, 0.15) is 30.1 Å². The minimum atomic E-state index is -0.0294. The molecule has 0 spiro atoms. The third-order valence-corrected chi connectivity index (χ3v) is 3.96. The average Bonchev–Trinajstić information content (AvgIpc) is 2.56. The lowest BCUT2D eigenvalue weighted by Crippen LogP contribution is -2.27. The Morgan fingerprint density at radius 1 is 1.26 bits per heavy atom. The van der Waals surface area contributed by atoms with Crippen LogP contribution in [0.4, 0.5) is 11.5 Å². The standard InChI is InChI=1S/C17H19Cl2N3O/c1-3-4-9-22(2)17(23)12-5-8-16(20-11-12)21-15-10-13(18)6-7-14(15)19/h5-8,10-11H,3-4,9H2,1-2H3,(H,20,21). The molecule has 0 fully saturated rings. The second-order valence-electron chi connectivity index (χ2n) is 5.26. The molecule has 0 radical (unpaired) electrons. The summed E-state index contributed by atoms with van der Waals surface area (Å²) in [5.74, 6) is 0.570. The van der Waals surface area contributed by atoms with Gasteiger partial charge in [-0.05, 0) is 36.8 Å². The van der Waals surface area contributed by atoms with Gasteiger partial charge < -0.3 is 10.2 Å². The highest BCUT2D eigenvalue weighted by Crippen LogP contribution is 2.27. The molecule has 0 bridgehead atoms. The van der Waals surface area contributed by atoms with E-state index in [2.05, 4.69) is 17.2 Å². The molecule has 1 N–H and O–H groups in total. The summed E-state index contributed by atoms with van der Waals surface area (Å²) >= 11 is 12.1. The number of unbranched alkanes of at least 4 members (excludes halogenated alkanes) is 1. The number of carbonyl (C=O) groups is 1. The molecular weight excluding hydrogens is 333 g/mol. The Hall–Kier alpha value is -1.78. The lowest BCUT2D eigenvalue weighted by atomic mass is 10.2. The molecule has 0 saturated carbocycles. The number of rotatable bonds is 6. The molecule has 0 atom stereocenters. The highest BCUT2D eigenvalue weighted by Gasteiger charge is 2.11. The Bertz CT molecular complexity index is 674. The summed E-state index contributed by atoms with van der Waals surface area (Å²) in [6.45, 7) is 2.84. The highest BCUT2D eigenvalue weighted by atomic mass is 35.5. The zero-order valence-electron chi connectivity index (χ0n) is 13.1. The number of pyridine rings is 1. The summed E-state index contributed by atoms with van der Waals surface area (Å²) < 4.78 is 0. The molecule has 2 rings (SSSR count). The van der Waals surface area contributed by atoms with Gasteiger partial charge in [0.1, 0.15) is 5.82 Å². The van der Waals surface area contributed by atoms with E-state index < -0.39 is 0 Å². The second kappa shape index (κ2) is 8.18. The van der Waals surface area contributed by atoms with Crippen molar-refractivity contribution in [2.75, 3.05) is 18.9 Å². The molecule has 23 heavy (non-hydrogen) atoms. The topological polar surface area (TPSA) is 45.2 Å². The molecule has 1 heterocycles. The van der Waals surface area contributed by atoms with E-state index in [0.29, 0.717) is 27.1 Å². The SMILES string of the molecule is CCCCN(C)C(=O)c1ccc(Nc2cc(Cl)ccc2Cl)nc1. The molecule has 2 aromatic rings. The smallest absolute Gasteiger partial charge is 0.255 e. The maximum Gasteiger partial charge on any atom is 0.255 e. The van der Waals surface area contributed by atoms with Gasteiger partial charge in [-0.15, -0.1) is 0 Å². The van der Waals surface area contributed by atoms with E-state index in [4.69, 9.17) is 23.2 Å². The number of anilines is 2. The number of hydrogen-bond donors (Lipinski definition) is 1. The van der Waals surface area contributed by atoms with Crippen LogP contribution in [-0.4, -0.2) is 29.4 Å². The summed E-state index contributed by atoms with van der Waals surface area (Å²) in [4.78, 5) is 18.2. The van der Waals surface area contributed by atoms with Crippen LogP contribution in [0, 0.1) is 0 Å². The summed E-state index contributed by atoms with van der Waals surface area (Å²) in [5.41, 5.74) is 1.23. The van der Waals surface area contributed by atoms with Gasteiger partial charge in [-0.2, -0.15) is 0 Å². The molecule has 0 unspecified atom stereocenters. The van der Waals surface area contributed by atoms with Gasteiger partial charge >= 0.3 is 0 Å². The highest BCUT2D eigenvalue weighted by molar-refractivity contribution is 6.35. The normalized spacial score (nSPS) is 10.4. The van der Waals surface area contributed by atoms with Gasteiger partial charge in [0.05, 0.1) is 16.3 Å². The Morgan fingerprint density at radius 2 is 2.04 bits per heavy atom. The lowest BCUT2D eigenvalue weighted by Gasteiger charge is -2.16. The Kier molecular flexibility index (Phi) is 6.25. The fraction of sp³-hybridized carbons (Fsp3) is 0.294. The van der Waals surface area contributed by atoms with Crippen LogP contribution in [0.15, 0.2) is 36.5 Å². The third kappa shape index (κ3) is 4.85. The first kappa shape index (κ1) is 17.6. The fourth-order valence-corrected chi connectivity index (χ4v) is 2.38. The molecular formula is C17H19Cl2N3O. The van der Waals surface area contributed by atoms with Gasteiger partial charge in [0.15, 0.2) is 0 Å². The van der Waals surface area contributed by atoms with Gasteiger partial charge in [0.25, 0.3) is 5.91 Å². The fourth-order valence-electron chi connectivity index (χ4n) is 2.04. The first-order valence-electron chi connectivity index (χ1n) is 7.45. The minimum absolute atomic E-state index is 0.0294. The molecule has 0 aliphatic carbocycles. The van der Waals surface area contributed by atoms with Crippen LogP contribution in [0.2, 0.25) is 10.0 Å². The number of halogens is 2. The predicted octanol–water partition coefficient (Wildman–Crippen LogP) is 5.00. The van der Waals surface area contributed by atoms with Gasteiger partial charge in [0, 0.05) is 24.8 Å². The minimum Gasteiger partial charge on any atom is -0.342 e. The van der Waals surface area contributed by atoms with Crippen LogP contribution in [0.5, 0.6) is 0 Å². The van der Waals surface area contributed by atoms with Crippen molar-refractivity contribution in [3.8, 4) is 0 Å². The van der Waals surface area contributed by atoms with Gasteiger partial charge in [-0.25, -0.2) is 4.98 Å². The third-order valence-electron chi connectivity index (χ3n) is 3.40. The molecule has 122 valence electrons. The van der Waals surface area contributed by atoms with Crippen molar-refractivity contribution in [1.29, 1.82) is 0 Å². The van der Waals surface area contributed by atoms with Gasteiger partial charge in [-0.3, -0.25) is 4.79 Å². The first-order chi connectivity index (χ1) is 11.0. The first-order valence-corrected chi connectivity index (χ1v) is 8.20. The van der Waals surface area contributed by atoms with E-state index in [1.54, 1.807) is 48.5 Å². The van der Waals surface area contributed by atoms with Crippen molar-refractivity contribution in [3.05, 3.63) is 52.1 Å². The van der Waals surface area contributed by atoms with Crippen molar-refractivity contribution < 1.29 is 4.79 Å². The van der Waals surface area contributed by atoms with Gasteiger partial charge in [-0.1, -0.05) is 36.5 Å². The number of aromatic nitrogens is 1. The summed E-state index contributed by atoms with van der Waals surface area (Å²) in [7, 11) is 1.80. The number of amides is 1. The molecule has 4 nitrogen and oxygen atoms in total. The van der Waals surface area contributed by atoms with Crippen LogP contribution in [-0.2, 0) is 0 Å². The second-order valence-corrected chi connectivity index (χ2v) is 6.11. The molecule has 0 aliphatic rings. The Balaban J connectivity index is 2.07. The maximum atomic E-state index is 12.2. The number of hydrogen-bond acceptors (Lipinski definition) is 3. The van der Waals surface area contributed by atoms with Crippen molar-refractivity contribution in [2.45, 2.75) is 19.8 Å². The van der Waals surface area contributed by atoms with E-state index >= 15 is 0 Å². The van der Waals surface area contributed by atoms with E-state index in [0.717, 1.165) is 19.4 Å². The van der Waals surface area contributed by atoms with Gasteiger partial charge in [0.2, 0.25) is 0 Å². The molecule has 1 aromatic heterocycles. The summed E-state index contributed by atoms with van der Waals surface area (Å²) in [6.07, 6.45) is 3.60. The van der Waals surface area contributed by atoms with Crippen molar-refractivity contribution in [2.24, 2.45) is 0 Å². The Labute approximate surface area is 146 Å². The number of nitrogens with one attached hydrogen (secondary N) is 1. The number of benzene rings is 1. The summed E-state index contributed by atoms with van der Waals surface area (Å²) in [5, 5.41) is 4.23. The Morgan fingerprint density at radius 3 is 2.70 bits per heavy atom. The predicted molar refractivity (Wildman–Crippen MR) is 95.9 cm³/mol. The number of carbonyl (C=O) groups excluding carboxylic acids is 1. The van der Waals surface area contributed by atoms with Crippen LogP contribution < -0.4 is 5.32 Å². The van der Waals surface area contributed by atoms with Crippen LogP contribution in [0.3, 0.4) is 0 Å². The number of nitrogens with zero attached hydrogens (tertiary/aromatic N) is 2. The van der Waals surface area contributed by atoms with E-state index in [1.807, 2.05) is 0 Å². The van der Waals surface area contributed by atoms with Crippen molar-refractivity contribution in [3.63, 3.8) is 0 Å². The van der Waals surface area contributed by atoms with Crippen molar-refractivity contribution in [1.82, 2.24) is 9.88 Å². The van der Waals surface area contributed by atoms with Crippen molar-refractivity contribution >= 4 is 40.6 Å². The molecule has 1 amide bonds. The lowest BCUT2D eigenvalue weighted by molar-refractivity contribution is 0.0793. The quantitative estimate of drug-likeness (QED) is 0.795. The largest absolute Gasteiger partial charge is 0.342 e. The van der Waals surface area contributed by atoms with E-state index in [9.17, 15) is 4.79 Å². The maximum absolute atomic E-state index is 12.2. The molecule has 1 aromatic carbocycles.